The fourth-order valence-corrected chi connectivity index (χ4v) is 0.745. The Labute approximate surface area is 71.2 Å². The van der Waals surface area contributed by atoms with Crippen molar-refractivity contribution in [1.82, 2.24) is 0 Å². The van der Waals surface area contributed by atoms with E-state index in [-0.39, 0.29) is 5.56 Å². The van der Waals surface area contributed by atoms with Gasteiger partial charge in [0.1, 0.15) is 15.7 Å². The van der Waals surface area contributed by atoms with Gasteiger partial charge >= 0.3 is 0 Å². The van der Waals surface area contributed by atoms with Crippen LogP contribution in [0.15, 0.2) is 18.2 Å². The summed E-state index contributed by atoms with van der Waals surface area (Å²) in [5, 5.41) is 6.84. The first kappa shape index (κ1) is 9.26. The van der Waals surface area contributed by atoms with Gasteiger partial charge in [-0.15, -0.1) is 0 Å². The second kappa shape index (κ2) is 2.90. The fourth-order valence-electron chi connectivity index (χ4n) is 0.745. The zero-order valence-electron chi connectivity index (χ0n) is 6.09. The van der Waals surface area contributed by atoms with Crippen molar-refractivity contribution in [2.24, 2.45) is 0 Å². The van der Waals surface area contributed by atoms with Gasteiger partial charge in [-0.25, -0.2) is 8.78 Å². The maximum atomic E-state index is 12.5. The van der Waals surface area contributed by atoms with Crippen molar-refractivity contribution in [2.75, 3.05) is 0 Å². The van der Waals surface area contributed by atoms with Crippen molar-refractivity contribution >= 4 is 15.7 Å². The fraction of sp³-hybridized carbons (Fsp3) is 0.143. The van der Waals surface area contributed by atoms with Crippen LogP contribution in [-0.4, -0.2) is 20.8 Å². The summed E-state index contributed by atoms with van der Waals surface area (Å²) < 4.78 is 24.9. The molecule has 0 spiro atoms. The molecular weight excluding hydrogens is 160 g/mol. The Balaban J connectivity index is 3.14. The van der Waals surface area contributed by atoms with Crippen molar-refractivity contribution in [3.05, 3.63) is 35.4 Å². The quantitative estimate of drug-likeness (QED) is 0.595. The topological polar surface area (TPSA) is 20.2 Å². The molecule has 1 rings (SSSR count). The summed E-state index contributed by atoms with van der Waals surface area (Å²) >= 11 is 0. The lowest BCUT2D eigenvalue weighted by molar-refractivity contribution is 0.216. The SMILES string of the molecule is [B]C([B])(O)c1ccc(F)c(F)c1. The number of benzene rings is 1. The summed E-state index contributed by atoms with van der Waals surface area (Å²) in [5.41, 5.74) is -0.0820. The van der Waals surface area contributed by atoms with E-state index in [2.05, 4.69) is 0 Å². The van der Waals surface area contributed by atoms with Crippen LogP contribution in [0.3, 0.4) is 0 Å². The zero-order valence-corrected chi connectivity index (χ0v) is 6.09. The summed E-state index contributed by atoms with van der Waals surface area (Å²) in [6.45, 7) is 0. The molecule has 0 unspecified atom stereocenters. The van der Waals surface area contributed by atoms with Gasteiger partial charge in [0.2, 0.25) is 0 Å². The monoisotopic (exact) mass is 164 g/mol. The van der Waals surface area contributed by atoms with Crippen molar-refractivity contribution in [3.63, 3.8) is 0 Å². The Morgan fingerprint density at radius 2 is 1.75 bits per heavy atom. The third kappa shape index (κ3) is 1.85. The van der Waals surface area contributed by atoms with Gasteiger partial charge in [0.15, 0.2) is 11.6 Å². The number of aliphatic hydroxyl groups is 1. The van der Waals surface area contributed by atoms with Crippen molar-refractivity contribution in [2.45, 2.75) is 5.40 Å². The highest BCUT2D eigenvalue weighted by molar-refractivity contribution is 6.38. The third-order valence-electron chi connectivity index (χ3n) is 1.38. The van der Waals surface area contributed by atoms with E-state index in [1.165, 1.54) is 0 Å². The minimum atomic E-state index is -2.13. The van der Waals surface area contributed by atoms with E-state index in [1.807, 2.05) is 0 Å². The minimum Gasteiger partial charge on any atom is -0.405 e. The molecule has 1 nitrogen and oxygen atoms in total. The number of hydrogen-bond donors (Lipinski definition) is 1. The lowest BCUT2D eigenvalue weighted by Gasteiger charge is -2.18. The standard InChI is InChI=1S/C7H4B2F2O/c8-7(9,12)4-1-2-5(10)6(11)3-4/h1-3,12H. The molecule has 0 saturated heterocycles. The first-order valence-electron chi connectivity index (χ1n) is 3.17. The minimum absolute atomic E-state index is 0.0820. The molecule has 0 amide bonds. The average molecular weight is 164 g/mol. The summed E-state index contributed by atoms with van der Waals surface area (Å²) in [6, 6.07) is 2.70. The van der Waals surface area contributed by atoms with Gasteiger partial charge in [-0.05, 0) is 17.7 Å². The number of rotatable bonds is 1. The smallest absolute Gasteiger partial charge is 0.159 e. The normalized spacial score (nSPS) is 11.6. The van der Waals surface area contributed by atoms with Crippen LogP contribution < -0.4 is 0 Å². The van der Waals surface area contributed by atoms with Crippen LogP contribution >= 0.6 is 0 Å². The van der Waals surface area contributed by atoms with Gasteiger partial charge in [-0.2, -0.15) is 0 Å². The summed E-state index contributed by atoms with van der Waals surface area (Å²) in [6.07, 6.45) is 0. The third-order valence-corrected chi connectivity index (χ3v) is 1.38. The molecule has 12 heavy (non-hydrogen) atoms. The molecule has 1 aromatic carbocycles. The largest absolute Gasteiger partial charge is 0.405 e. The molecule has 0 fully saturated rings. The zero-order chi connectivity index (χ0) is 9.35. The van der Waals surface area contributed by atoms with Gasteiger partial charge < -0.3 is 5.11 Å². The highest BCUT2D eigenvalue weighted by atomic mass is 19.2. The molecule has 0 aliphatic carbocycles. The van der Waals surface area contributed by atoms with Gasteiger partial charge in [0.05, 0.1) is 0 Å². The van der Waals surface area contributed by atoms with E-state index in [0.717, 1.165) is 18.2 Å². The summed E-state index contributed by atoms with van der Waals surface area (Å²) in [5.74, 6) is -2.11. The first-order chi connectivity index (χ1) is 5.41. The molecule has 58 valence electrons. The Morgan fingerprint density at radius 1 is 1.17 bits per heavy atom. The van der Waals surface area contributed by atoms with E-state index in [4.69, 9.17) is 20.8 Å². The van der Waals surface area contributed by atoms with Crippen molar-refractivity contribution in [1.29, 1.82) is 0 Å². The Hall–Kier alpha value is -0.830. The highest BCUT2D eigenvalue weighted by Gasteiger charge is 2.16. The lowest BCUT2D eigenvalue weighted by Crippen LogP contribution is -2.26. The van der Waals surface area contributed by atoms with Crippen LogP contribution in [0.2, 0.25) is 0 Å². The Bertz CT molecular complexity index is 296. The summed E-state index contributed by atoms with van der Waals surface area (Å²) in [7, 11) is 10.0. The van der Waals surface area contributed by atoms with Crippen molar-refractivity contribution < 1.29 is 13.9 Å². The second-order valence-electron chi connectivity index (χ2n) is 2.45. The van der Waals surface area contributed by atoms with Crippen LogP contribution in [0.4, 0.5) is 8.78 Å². The lowest BCUT2D eigenvalue weighted by atomic mass is 9.61. The van der Waals surface area contributed by atoms with Crippen LogP contribution in [0.5, 0.6) is 0 Å². The maximum absolute atomic E-state index is 12.5. The second-order valence-corrected chi connectivity index (χ2v) is 2.45. The molecule has 0 heterocycles. The highest BCUT2D eigenvalue weighted by Crippen LogP contribution is 2.16. The molecule has 0 bridgehead atoms. The Morgan fingerprint density at radius 3 is 2.17 bits per heavy atom. The number of hydrogen-bond acceptors (Lipinski definition) is 1. The number of halogens is 2. The van der Waals surface area contributed by atoms with E-state index in [9.17, 15) is 8.78 Å². The van der Waals surface area contributed by atoms with E-state index >= 15 is 0 Å². The van der Waals surface area contributed by atoms with E-state index in [0.29, 0.717) is 0 Å². The van der Waals surface area contributed by atoms with Gasteiger partial charge in [-0.1, -0.05) is 6.07 Å². The van der Waals surface area contributed by atoms with Crippen LogP contribution in [0.1, 0.15) is 5.56 Å². The average Bonchev–Trinajstić information content (AvgIpc) is 1.92. The first-order valence-corrected chi connectivity index (χ1v) is 3.17. The molecule has 0 aliphatic rings. The van der Waals surface area contributed by atoms with Crippen LogP contribution in [0.25, 0.3) is 0 Å². The van der Waals surface area contributed by atoms with Gasteiger partial charge in [-0.3, -0.25) is 0 Å². The Kier molecular flexibility index (Phi) is 2.24. The summed E-state index contributed by atoms with van der Waals surface area (Å²) in [4.78, 5) is 0. The molecular formula is C7H4B2F2O. The van der Waals surface area contributed by atoms with E-state index < -0.39 is 17.0 Å². The molecule has 1 N–H and O–H groups in total. The molecule has 0 atom stereocenters. The molecule has 4 radical (unpaired) electrons. The van der Waals surface area contributed by atoms with Crippen LogP contribution in [0, 0.1) is 11.6 Å². The van der Waals surface area contributed by atoms with Gasteiger partial charge in [0.25, 0.3) is 0 Å². The van der Waals surface area contributed by atoms with Gasteiger partial charge in [0, 0.05) is 5.40 Å². The molecule has 5 heteroatoms. The molecule has 0 saturated carbocycles. The van der Waals surface area contributed by atoms with E-state index in [1.54, 1.807) is 0 Å². The maximum Gasteiger partial charge on any atom is 0.159 e. The predicted molar refractivity (Wildman–Crippen MR) is 41.8 cm³/mol. The predicted octanol–water partition coefficient (Wildman–Crippen LogP) is 0.404. The molecule has 0 aliphatic heterocycles. The molecule has 1 aromatic rings. The van der Waals surface area contributed by atoms with Crippen LogP contribution in [-0.2, 0) is 5.40 Å². The van der Waals surface area contributed by atoms with Crippen molar-refractivity contribution in [3.8, 4) is 0 Å². The molecule has 0 aromatic heterocycles.